The van der Waals surface area contributed by atoms with Gasteiger partial charge in [-0.15, -0.1) is 11.6 Å². The molecular weight excluding hydrogens is 308 g/mol. The van der Waals surface area contributed by atoms with Crippen LogP contribution < -0.4 is 0 Å². The van der Waals surface area contributed by atoms with Crippen LogP contribution in [0.2, 0.25) is 0 Å². The molecule has 1 aromatic rings. The number of rotatable bonds is 8. The Morgan fingerprint density at radius 1 is 1.33 bits per heavy atom. The highest BCUT2D eigenvalue weighted by molar-refractivity contribution is 7.89. The van der Waals surface area contributed by atoms with Crippen molar-refractivity contribution in [3.05, 3.63) is 18.0 Å². The lowest BCUT2D eigenvalue weighted by molar-refractivity contribution is 0.395. The highest BCUT2D eigenvalue weighted by Gasteiger charge is 2.38. The maximum atomic E-state index is 12.9. The molecular formula is C15H23ClN2O2S. The van der Waals surface area contributed by atoms with Crippen molar-refractivity contribution in [1.82, 2.24) is 8.87 Å². The Balaban J connectivity index is 1.89. The summed E-state index contributed by atoms with van der Waals surface area (Å²) in [5, 5.41) is 0. The SMILES string of the molecule is CCCCN(C1CC1)S(=O)(=O)c1cc(CCl)n(C2CC2)c1. The van der Waals surface area contributed by atoms with Gasteiger partial charge >= 0.3 is 0 Å². The second-order valence-corrected chi connectivity index (χ2v) is 8.30. The molecule has 0 bridgehead atoms. The lowest BCUT2D eigenvalue weighted by Gasteiger charge is -2.20. The number of sulfonamides is 1. The molecule has 0 aromatic carbocycles. The summed E-state index contributed by atoms with van der Waals surface area (Å²) >= 11 is 5.98. The fourth-order valence-corrected chi connectivity index (χ4v) is 4.74. The summed E-state index contributed by atoms with van der Waals surface area (Å²) in [6.07, 6.45) is 7.96. The van der Waals surface area contributed by atoms with E-state index in [4.69, 9.17) is 11.6 Å². The third kappa shape index (κ3) is 3.15. The van der Waals surface area contributed by atoms with Gasteiger partial charge in [0.15, 0.2) is 0 Å². The van der Waals surface area contributed by atoms with Crippen LogP contribution >= 0.6 is 11.6 Å². The van der Waals surface area contributed by atoms with Gasteiger partial charge in [-0.05, 0) is 38.2 Å². The molecule has 0 spiro atoms. The van der Waals surface area contributed by atoms with E-state index in [2.05, 4.69) is 11.5 Å². The van der Waals surface area contributed by atoms with Gasteiger partial charge in [0.1, 0.15) is 4.90 Å². The minimum Gasteiger partial charge on any atom is -0.346 e. The van der Waals surface area contributed by atoms with E-state index in [-0.39, 0.29) is 6.04 Å². The van der Waals surface area contributed by atoms with E-state index in [1.807, 2.05) is 0 Å². The van der Waals surface area contributed by atoms with E-state index < -0.39 is 10.0 Å². The Morgan fingerprint density at radius 3 is 2.57 bits per heavy atom. The van der Waals surface area contributed by atoms with Gasteiger partial charge in [-0.2, -0.15) is 4.31 Å². The Morgan fingerprint density at radius 2 is 2.05 bits per heavy atom. The Bertz CT molecular complexity index is 603. The van der Waals surface area contributed by atoms with Crippen molar-refractivity contribution in [2.75, 3.05) is 6.54 Å². The molecule has 0 amide bonds. The Hall–Kier alpha value is -0.520. The zero-order valence-electron chi connectivity index (χ0n) is 12.5. The number of unbranched alkanes of at least 4 members (excludes halogenated alkanes) is 1. The molecule has 2 aliphatic rings. The molecule has 0 aliphatic heterocycles. The van der Waals surface area contributed by atoms with E-state index in [0.29, 0.717) is 23.4 Å². The summed E-state index contributed by atoms with van der Waals surface area (Å²) in [6.45, 7) is 2.72. The molecule has 6 heteroatoms. The zero-order chi connectivity index (χ0) is 15.0. The zero-order valence-corrected chi connectivity index (χ0v) is 14.0. The summed E-state index contributed by atoms with van der Waals surface area (Å²) in [7, 11) is -3.37. The molecule has 0 unspecified atom stereocenters. The van der Waals surface area contributed by atoms with Crippen molar-refractivity contribution in [3.8, 4) is 0 Å². The second-order valence-electron chi connectivity index (χ2n) is 6.14. The molecule has 0 atom stereocenters. The van der Waals surface area contributed by atoms with Crippen molar-refractivity contribution in [2.45, 2.75) is 68.3 Å². The minimum absolute atomic E-state index is 0.213. The van der Waals surface area contributed by atoms with Gasteiger partial charge in [0, 0.05) is 30.5 Å². The van der Waals surface area contributed by atoms with Crippen LogP contribution in [0.5, 0.6) is 0 Å². The van der Waals surface area contributed by atoms with Gasteiger partial charge in [0.25, 0.3) is 0 Å². The van der Waals surface area contributed by atoms with Gasteiger partial charge in [-0.25, -0.2) is 8.42 Å². The summed E-state index contributed by atoms with van der Waals surface area (Å²) in [5.41, 5.74) is 0.920. The van der Waals surface area contributed by atoms with E-state index in [1.54, 1.807) is 16.6 Å². The summed E-state index contributed by atoms with van der Waals surface area (Å²) in [4.78, 5) is 0.424. The minimum atomic E-state index is -3.37. The van der Waals surface area contributed by atoms with Crippen LogP contribution in [-0.4, -0.2) is 29.9 Å². The lowest BCUT2D eigenvalue weighted by Crippen LogP contribution is -2.33. The number of aromatic nitrogens is 1. The third-order valence-electron chi connectivity index (χ3n) is 4.28. The van der Waals surface area contributed by atoms with Gasteiger partial charge in [0.05, 0.1) is 5.88 Å². The van der Waals surface area contributed by atoms with Gasteiger partial charge < -0.3 is 4.57 Å². The van der Waals surface area contributed by atoms with Crippen LogP contribution in [0, 0.1) is 0 Å². The predicted molar refractivity (Wildman–Crippen MR) is 84.1 cm³/mol. The first-order valence-electron chi connectivity index (χ1n) is 7.86. The van der Waals surface area contributed by atoms with Crippen molar-refractivity contribution >= 4 is 21.6 Å². The average Bonchev–Trinajstić information content (AvgIpc) is 3.38. The second kappa shape index (κ2) is 5.94. The summed E-state index contributed by atoms with van der Waals surface area (Å²) < 4.78 is 29.6. The maximum absolute atomic E-state index is 12.9. The number of halogens is 1. The molecule has 4 nitrogen and oxygen atoms in total. The molecule has 2 aliphatic carbocycles. The van der Waals surface area contributed by atoms with Crippen molar-refractivity contribution in [3.63, 3.8) is 0 Å². The Labute approximate surface area is 132 Å². The molecule has 2 fully saturated rings. The highest BCUT2D eigenvalue weighted by Crippen LogP contribution is 2.39. The first-order chi connectivity index (χ1) is 10.1. The lowest BCUT2D eigenvalue weighted by atomic mass is 10.3. The number of alkyl halides is 1. The molecule has 118 valence electrons. The van der Waals surface area contributed by atoms with E-state index in [0.717, 1.165) is 44.2 Å². The average molecular weight is 331 g/mol. The van der Waals surface area contributed by atoms with E-state index >= 15 is 0 Å². The summed E-state index contributed by atoms with van der Waals surface area (Å²) in [6, 6.07) is 2.43. The van der Waals surface area contributed by atoms with Crippen LogP contribution in [0.1, 0.15) is 57.2 Å². The van der Waals surface area contributed by atoms with Crippen molar-refractivity contribution < 1.29 is 8.42 Å². The number of hydrogen-bond acceptors (Lipinski definition) is 2. The predicted octanol–water partition coefficient (Wildman–Crippen LogP) is 3.52. The van der Waals surface area contributed by atoms with Crippen LogP contribution in [-0.2, 0) is 15.9 Å². The van der Waals surface area contributed by atoms with Crippen LogP contribution in [0.4, 0.5) is 0 Å². The first-order valence-corrected chi connectivity index (χ1v) is 9.84. The molecule has 1 heterocycles. The van der Waals surface area contributed by atoms with Crippen molar-refractivity contribution in [2.24, 2.45) is 0 Å². The van der Waals surface area contributed by atoms with Crippen molar-refractivity contribution in [1.29, 1.82) is 0 Å². The highest BCUT2D eigenvalue weighted by atomic mass is 35.5. The first kappa shape index (κ1) is 15.4. The third-order valence-corrected chi connectivity index (χ3v) is 6.47. The van der Waals surface area contributed by atoms with Crippen LogP contribution in [0.15, 0.2) is 17.2 Å². The maximum Gasteiger partial charge on any atom is 0.244 e. The van der Waals surface area contributed by atoms with Gasteiger partial charge in [0.2, 0.25) is 10.0 Å². The van der Waals surface area contributed by atoms with Gasteiger partial charge in [-0.1, -0.05) is 13.3 Å². The number of hydrogen-bond donors (Lipinski definition) is 0. The molecule has 1 aromatic heterocycles. The fraction of sp³-hybridized carbons (Fsp3) is 0.733. The van der Waals surface area contributed by atoms with Crippen LogP contribution in [0.3, 0.4) is 0 Å². The topological polar surface area (TPSA) is 42.3 Å². The molecule has 3 rings (SSSR count). The van der Waals surface area contributed by atoms with Crippen LogP contribution in [0.25, 0.3) is 0 Å². The normalized spacial score (nSPS) is 19.4. The molecule has 0 radical (unpaired) electrons. The summed E-state index contributed by atoms with van der Waals surface area (Å²) in [5.74, 6) is 0.365. The molecule has 0 saturated heterocycles. The van der Waals surface area contributed by atoms with Gasteiger partial charge in [-0.3, -0.25) is 0 Å². The molecule has 21 heavy (non-hydrogen) atoms. The molecule has 2 saturated carbocycles. The smallest absolute Gasteiger partial charge is 0.244 e. The fourth-order valence-electron chi connectivity index (χ4n) is 2.75. The molecule has 0 N–H and O–H groups in total. The Kier molecular flexibility index (Phi) is 4.35. The largest absolute Gasteiger partial charge is 0.346 e. The van der Waals surface area contributed by atoms with E-state index in [9.17, 15) is 8.42 Å². The monoisotopic (exact) mass is 330 g/mol. The van der Waals surface area contributed by atoms with E-state index in [1.165, 1.54) is 0 Å². The standard InChI is InChI=1S/C15H23ClN2O2S/c1-2-3-8-18(13-6-7-13)21(19,20)15-9-14(10-16)17(11-15)12-4-5-12/h9,11-13H,2-8,10H2,1H3. The number of nitrogens with zero attached hydrogens (tertiary/aromatic N) is 2. The quantitative estimate of drug-likeness (QED) is 0.684.